The molecule has 0 bridgehead atoms. The van der Waals surface area contributed by atoms with Crippen LogP contribution in [-0.4, -0.2) is 21.4 Å². The number of aromatic nitrogens is 1. The van der Waals surface area contributed by atoms with Crippen molar-refractivity contribution in [1.82, 2.24) is 9.47 Å². The fourth-order valence-electron chi connectivity index (χ4n) is 2.96. The number of carbonyl (C=O) groups excluding carboxylic acids is 1. The maximum absolute atomic E-state index is 12.8. The smallest absolute Gasteiger partial charge is 0.264 e. The van der Waals surface area contributed by atoms with Crippen LogP contribution in [0, 0.1) is 6.92 Å². The van der Waals surface area contributed by atoms with Crippen molar-refractivity contribution in [3.8, 4) is 0 Å². The number of benzene rings is 1. The second-order valence-corrected chi connectivity index (χ2v) is 7.57. The first-order chi connectivity index (χ1) is 12.0. The zero-order chi connectivity index (χ0) is 17.8. The van der Waals surface area contributed by atoms with E-state index in [0.717, 1.165) is 17.1 Å². The molecule has 0 fully saturated rings. The molecule has 25 heavy (non-hydrogen) atoms. The van der Waals surface area contributed by atoms with Gasteiger partial charge in [0.2, 0.25) is 0 Å². The van der Waals surface area contributed by atoms with Crippen molar-refractivity contribution >= 4 is 17.2 Å². The van der Waals surface area contributed by atoms with Crippen LogP contribution in [0.5, 0.6) is 0 Å². The van der Waals surface area contributed by atoms with E-state index in [0.29, 0.717) is 6.54 Å². The van der Waals surface area contributed by atoms with Crippen molar-refractivity contribution in [3.05, 3.63) is 81.8 Å². The van der Waals surface area contributed by atoms with E-state index in [-0.39, 0.29) is 11.9 Å². The molecule has 0 radical (unpaired) electrons. The predicted octanol–water partition coefficient (Wildman–Crippen LogP) is 4.96. The second-order valence-electron chi connectivity index (χ2n) is 6.62. The number of aryl methyl sites for hydroxylation is 1. The number of hydrogen-bond acceptors (Lipinski definition) is 2. The standard InChI is InChI=1S/C21H24N2OS/c1-16(2)23(21(24)20-10-6-12-25-20)15-19-9-5-11-22(19)14-18-8-4-7-17(3)13-18/h4-13,16H,14-15H2,1-3H3. The van der Waals surface area contributed by atoms with Crippen molar-refractivity contribution in [2.24, 2.45) is 0 Å². The van der Waals surface area contributed by atoms with Gasteiger partial charge in [-0.25, -0.2) is 0 Å². The van der Waals surface area contributed by atoms with Gasteiger partial charge in [-0.15, -0.1) is 11.3 Å². The maximum Gasteiger partial charge on any atom is 0.264 e. The van der Waals surface area contributed by atoms with Crippen LogP contribution >= 0.6 is 11.3 Å². The third-order valence-electron chi connectivity index (χ3n) is 4.31. The maximum atomic E-state index is 12.8. The van der Waals surface area contributed by atoms with E-state index in [1.807, 2.05) is 22.4 Å². The molecule has 1 aromatic carbocycles. The molecule has 0 aliphatic heterocycles. The van der Waals surface area contributed by atoms with Gasteiger partial charge in [0.1, 0.15) is 0 Å². The highest BCUT2D eigenvalue weighted by Gasteiger charge is 2.21. The number of amides is 1. The fraction of sp³-hybridized carbons (Fsp3) is 0.286. The molecule has 0 aliphatic carbocycles. The van der Waals surface area contributed by atoms with Gasteiger partial charge in [-0.1, -0.05) is 35.9 Å². The molecule has 130 valence electrons. The quantitative estimate of drug-likeness (QED) is 0.616. The molecule has 3 aromatic rings. The lowest BCUT2D eigenvalue weighted by molar-refractivity contribution is 0.0691. The molecule has 0 saturated heterocycles. The summed E-state index contributed by atoms with van der Waals surface area (Å²) in [6, 6.07) is 16.7. The third-order valence-corrected chi connectivity index (χ3v) is 5.17. The van der Waals surface area contributed by atoms with Crippen molar-refractivity contribution in [2.75, 3.05) is 0 Å². The van der Waals surface area contributed by atoms with Gasteiger partial charge in [0.25, 0.3) is 5.91 Å². The molecule has 0 spiro atoms. The monoisotopic (exact) mass is 352 g/mol. The van der Waals surface area contributed by atoms with Crippen molar-refractivity contribution < 1.29 is 4.79 Å². The van der Waals surface area contributed by atoms with Gasteiger partial charge >= 0.3 is 0 Å². The predicted molar refractivity (Wildman–Crippen MR) is 104 cm³/mol. The van der Waals surface area contributed by atoms with Crippen LogP contribution in [0.4, 0.5) is 0 Å². The van der Waals surface area contributed by atoms with Gasteiger partial charge < -0.3 is 9.47 Å². The molecule has 3 nitrogen and oxygen atoms in total. The first-order valence-electron chi connectivity index (χ1n) is 8.58. The van der Waals surface area contributed by atoms with Gasteiger partial charge in [-0.3, -0.25) is 4.79 Å². The zero-order valence-corrected chi connectivity index (χ0v) is 15.8. The highest BCUT2D eigenvalue weighted by atomic mass is 32.1. The van der Waals surface area contributed by atoms with Crippen molar-refractivity contribution in [3.63, 3.8) is 0 Å². The molecule has 3 rings (SSSR count). The summed E-state index contributed by atoms with van der Waals surface area (Å²) in [6.07, 6.45) is 2.09. The van der Waals surface area contributed by atoms with E-state index in [1.165, 1.54) is 22.5 Å². The Morgan fingerprint density at radius 3 is 2.68 bits per heavy atom. The average molecular weight is 353 g/mol. The number of carbonyl (C=O) groups is 1. The molecule has 0 saturated carbocycles. The van der Waals surface area contributed by atoms with Crippen molar-refractivity contribution in [2.45, 2.75) is 39.9 Å². The highest BCUT2D eigenvalue weighted by molar-refractivity contribution is 7.12. The minimum absolute atomic E-state index is 0.105. The zero-order valence-electron chi connectivity index (χ0n) is 15.0. The van der Waals surface area contributed by atoms with Crippen LogP contribution < -0.4 is 0 Å². The number of thiophene rings is 1. The molecular formula is C21H24N2OS. The lowest BCUT2D eigenvalue weighted by Crippen LogP contribution is -2.36. The fourth-order valence-corrected chi connectivity index (χ4v) is 3.64. The Morgan fingerprint density at radius 1 is 1.16 bits per heavy atom. The van der Waals surface area contributed by atoms with Crippen LogP contribution in [0.2, 0.25) is 0 Å². The first kappa shape index (κ1) is 17.5. The van der Waals surface area contributed by atoms with Gasteiger partial charge in [0.15, 0.2) is 0 Å². The minimum Gasteiger partial charge on any atom is -0.345 e. The molecule has 0 atom stereocenters. The second kappa shape index (κ2) is 7.70. The Bertz CT molecular complexity index is 833. The van der Waals surface area contributed by atoms with Gasteiger partial charge in [0.05, 0.1) is 11.4 Å². The summed E-state index contributed by atoms with van der Waals surface area (Å²) in [6.45, 7) is 7.69. The number of nitrogens with zero attached hydrogens (tertiary/aromatic N) is 2. The molecule has 2 heterocycles. The van der Waals surface area contributed by atoms with Gasteiger partial charge in [-0.05, 0) is 49.9 Å². The van der Waals surface area contributed by atoms with Crippen LogP contribution in [0.25, 0.3) is 0 Å². The molecule has 4 heteroatoms. The van der Waals surface area contributed by atoms with E-state index in [4.69, 9.17) is 0 Å². The van der Waals surface area contributed by atoms with Gasteiger partial charge in [-0.2, -0.15) is 0 Å². The first-order valence-corrected chi connectivity index (χ1v) is 9.46. The summed E-state index contributed by atoms with van der Waals surface area (Å²) in [5.74, 6) is 0.105. The number of hydrogen-bond donors (Lipinski definition) is 0. The summed E-state index contributed by atoms with van der Waals surface area (Å²) >= 11 is 1.50. The Kier molecular flexibility index (Phi) is 5.39. The number of rotatable bonds is 6. The van der Waals surface area contributed by atoms with E-state index >= 15 is 0 Å². The van der Waals surface area contributed by atoms with E-state index < -0.39 is 0 Å². The van der Waals surface area contributed by atoms with Gasteiger partial charge in [0, 0.05) is 24.5 Å². The molecule has 2 aromatic heterocycles. The van der Waals surface area contributed by atoms with Crippen LogP contribution in [0.15, 0.2) is 60.1 Å². The van der Waals surface area contributed by atoms with Crippen LogP contribution in [0.3, 0.4) is 0 Å². The van der Waals surface area contributed by atoms with E-state index in [1.54, 1.807) is 0 Å². The molecule has 1 amide bonds. The van der Waals surface area contributed by atoms with Crippen molar-refractivity contribution in [1.29, 1.82) is 0 Å². The van der Waals surface area contributed by atoms with Crippen LogP contribution in [-0.2, 0) is 13.1 Å². The lowest BCUT2D eigenvalue weighted by Gasteiger charge is -2.27. The largest absolute Gasteiger partial charge is 0.345 e. The molecular weight excluding hydrogens is 328 g/mol. The van der Waals surface area contributed by atoms with E-state index in [9.17, 15) is 4.79 Å². The lowest BCUT2D eigenvalue weighted by atomic mass is 10.1. The molecule has 0 aliphatic rings. The average Bonchev–Trinajstić information content (AvgIpc) is 3.24. The summed E-state index contributed by atoms with van der Waals surface area (Å²) in [5, 5.41) is 1.95. The topological polar surface area (TPSA) is 25.2 Å². The summed E-state index contributed by atoms with van der Waals surface area (Å²) in [5.41, 5.74) is 3.70. The minimum atomic E-state index is 0.105. The molecule has 0 N–H and O–H groups in total. The normalized spacial score (nSPS) is 11.0. The summed E-state index contributed by atoms with van der Waals surface area (Å²) in [7, 11) is 0. The SMILES string of the molecule is Cc1cccc(Cn2cccc2CN(C(=O)c2cccs2)C(C)C)c1. The summed E-state index contributed by atoms with van der Waals surface area (Å²) in [4.78, 5) is 15.6. The van der Waals surface area contributed by atoms with E-state index in [2.05, 4.69) is 67.9 Å². The Balaban J connectivity index is 1.80. The summed E-state index contributed by atoms with van der Waals surface area (Å²) < 4.78 is 2.23. The molecule has 0 unspecified atom stereocenters. The third kappa shape index (κ3) is 4.20. The Morgan fingerprint density at radius 2 is 2.00 bits per heavy atom. The Labute approximate surface area is 153 Å². The Hall–Kier alpha value is -2.33. The van der Waals surface area contributed by atoms with Crippen LogP contribution in [0.1, 0.15) is 40.3 Å². The highest BCUT2D eigenvalue weighted by Crippen LogP contribution is 2.18.